The van der Waals surface area contributed by atoms with Crippen LogP contribution >= 0.6 is 11.6 Å². The number of methoxy groups -OCH3 is 1. The van der Waals surface area contributed by atoms with E-state index in [2.05, 4.69) is 5.32 Å². The van der Waals surface area contributed by atoms with Gasteiger partial charge < -0.3 is 10.1 Å². The molecule has 2 nitrogen and oxygen atoms in total. The molecule has 88 valence electrons. The summed E-state index contributed by atoms with van der Waals surface area (Å²) in [5.74, 6) is 0.405. The van der Waals surface area contributed by atoms with E-state index < -0.39 is 5.38 Å². The van der Waals surface area contributed by atoms with Crippen LogP contribution in [0.1, 0.15) is 17.9 Å². The van der Waals surface area contributed by atoms with Crippen LogP contribution in [0.5, 0.6) is 5.75 Å². The molecule has 1 aromatic carbocycles. The fourth-order valence-electron chi connectivity index (χ4n) is 1.97. The number of hydrogen-bond donors (Lipinski definition) is 1. The van der Waals surface area contributed by atoms with Crippen LogP contribution in [0.15, 0.2) is 18.2 Å². The van der Waals surface area contributed by atoms with Gasteiger partial charge in [0.1, 0.15) is 5.75 Å². The molecule has 5 heteroatoms. The number of hydrogen-bond acceptors (Lipinski definition) is 2. The third kappa shape index (κ3) is 2.38. The predicted octanol–water partition coefficient (Wildman–Crippen LogP) is 3.43. The predicted molar refractivity (Wildman–Crippen MR) is 59.6 cm³/mol. The van der Waals surface area contributed by atoms with Crippen molar-refractivity contribution in [2.24, 2.45) is 0 Å². The second-order valence-corrected chi connectivity index (χ2v) is 4.40. The van der Waals surface area contributed by atoms with Gasteiger partial charge in [0, 0.05) is 24.6 Å². The highest BCUT2D eigenvalue weighted by Crippen LogP contribution is 2.41. The standard InChI is InChI=1S/C11H12ClF2NO/c1-16-8-2-3-10-9(4-8)7(6-15-10)5-11(12,13)14/h2-4,7,15H,5-6H2,1H3. The average Bonchev–Trinajstić information content (AvgIpc) is 2.58. The summed E-state index contributed by atoms with van der Waals surface area (Å²) in [6, 6.07) is 5.41. The maximum absolute atomic E-state index is 12.8. The van der Waals surface area contributed by atoms with E-state index in [1.165, 1.54) is 0 Å². The summed E-state index contributed by atoms with van der Waals surface area (Å²) < 4.78 is 30.6. The number of nitrogens with one attached hydrogen (secondary N) is 1. The summed E-state index contributed by atoms with van der Waals surface area (Å²) in [7, 11) is 1.55. The van der Waals surface area contributed by atoms with Crippen molar-refractivity contribution >= 4 is 17.3 Å². The van der Waals surface area contributed by atoms with Crippen molar-refractivity contribution in [3.63, 3.8) is 0 Å². The van der Waals surface area contributed by atoms with Crippen LogP contribution in [0.3, 0.4) is 0 Å². The summed E-state index contributed by atoms with van der Waals surface area (Å²) in [6.45, 7) is 0.491. The molecule has 0 saturated carbocycles. The number of halogens is 3. The van der Waals surface area contributed by atoms with Crippen LogP contribution in [0.4, 0.5) is 14.5 Å². The minimum absolute atomic E-state index is 0.266. The largest absolute Gasteiger partial charge is 0.497 e. The van der Waals surface area contributed by atoms with E-state index >= 15 is 0 Å². The summed E-state index contributed by atoms with van der Waals surface area (Å²) in [5.41, 5.74) is 1.73. The molecule has 1 aliphatic heterocycles. The minimum atomic E-state index is -3.16. The molecular weight excluding hydrogens is 236 g/mol. The van der Waals surface area contributed by atoms with Gasteiger partial charge in [-0.25, -0.2) is 0 Å². The van der Waals surface area contributed by atoms with Crippen molar-refractivity contribution in [1.29, 1.82) is 0 Å². The van der Waals surface area contributed by atoms with Crippen molar-refractivity contribution in [1.82, 2.24) is 0 Å². The van der Waals surface area contributed by atoms with E-state index in [1.54, 1.807) is 19.2 Å². The van der Waals surface area contributed by atoms with Gasteiger partial charge in [0.15, 0.2) is 0 Å². The molecular formula is C11H12ClF2NO. The average molecular weight is 248 g/mol. The number of rotatable bonds is 3. The second kappa shape index (κ2) is 4.09. The Kier molecular flexibility index (Phi) is 2.93. The van der Waals surface area contributed by atoms with Crippen molar-refractivity contribution < 1.29 is 13.5 Å². The lowest BCUT2D eigenvalue weighted by Crippen LogP contribution is -2.14. The first-order valence-corrected chi connectivity index (χ1v) is 5.36. The highest BCUT2D eigenvalue weighted by Gasteiger charge is 2.34. The molecule has 1 atom stereocenters. The lowest BCUT2D eigenvalue weighted by molar-refractivity contribution is 0.0793. The summed E-state index contributed by atoms with van der Waals surface area (Å²) in [6.07, 6.45) is -0.359. The van der Waals surface area contributed by atoms with Crippen molar-refractivity contribution in [2.45, 2.75) is 17.7 Å². The van der Waals surface area contributed by atoms with E-state index in [-0.39, 0.29) is 12.3 Å². The van der Waals surface area contributed by atoms with Gasteiger partial charge in [-0.1, -0.05) is 0 Å². The number of alkyl halides is 3. The van der Waals surface area contributed by atoms with Crippen molar-refractivity contribution in [3.8, 4) is 5.75 Å². The van der Waals surface area contributed by atoms with Gasteiger partial charge in [0.05, 0.1) is 7.11 Å². The van der Waals surface area contributed by atoms with Crippen LogP contribution in [0, 0.1) is 0 Å². The first-order valence-electron chi connectivity index (χ1n) is 4.98. The molecule has 0 radical (unpaired) electrons. The second-order valence-electron chi connectivity index (χ2n) is 3.85. The van der Waals surface area contributed by atoms with E-state index in [4.69, 9.17) is 16.3 Å². The zero-order valence-electron chi connectivity index (χ0n) is 8.77. The van der Waals surface area contributed by atoms with Crippen molar-refractivity contribution in [2.75, 3.05) is 19.0 Å². The maximum atomic E-state index is 12.8. The van der Waals surface area contributed by atoms with E-state index in [0.29, 0.717) is 12.3 Å². The van der Waals surface area contributed by atoms with E-state index in [9.17, 15) is 8.78 Å². The van der Waals surface area contributed by atoms with Gasteiger partial charge in [0.2, 0.25) is 0 Å². The van der Waals surface area contributed by atoms with Crippen LogP contribution in [-0.2, 0) is 0 Å². The van der Waals surface area contributed by atoms with Gasteiger partial charge in [-0.05, 0) is 35.4 Å². The van der Waals surface area contributed by atoms with Gasteiger partial charge in [0.25, 0.3) is 0 Å². The molecule has 0 fully saturated rings. The third-order valence-corrected chi connectivity index (χ3v) is 2.87. The summed E-state index contributed by atoms with van der Waals surface area (Å²) in [4.78, 5) is 0. The molecule has 2 rings (SSSR count). The SMILES string of the molecule is COc1ccc2c(c1)C(CC(F)(F)Cl)CN2. The Morgan fingerprint density at radius 2 is 2.31 bits per heavy atom. The summed E-state index contributed by atoms with van der Waals surface area (Å²) >= 11 is 4.96. The van der Waals surface area contributed by atoms with Crippen LogP contribution in [0.25, 0.3) is 0 Å². The molecule has 0 amide bonds. The molecule has 1 N–H and O–H groups in total. The first kappa shape index (κ1) is 11.5. The number of anilines is 1. The lowest BCUT2D eigenvalue weighted by atomic mass is 9.98. The molecule has 0 aromatic heterocycles. The Hall–Kier alpha value is -1.03. The number of fused-ring (bicyclic) bond motifs is 1. The lowest BCUT2D eigenvalue weighted by Gasteiger charge is -2.14. The van der Waals surface area contributed by atoms with Crippen LogP contribution < -0.4 is 10.1 Å². The van der Waals surface area contributed by atoms with Gasteiger partial charge in [-0.15, -0.1) is 0 Å². The molecule has 1 unspecified atom stereocenters. The maximum Gasteiger partial charge on any atom is 0.322 e. The monoisotopic (exact) mass is 247 g/mol. The number of ether oxygens (including phenoxy) is 1. The van der Waals surface area contributed by atoms with Gasteiger partial charge >= 0.3 is 5.38 Å². The van der Waals surface area contributed by atoms with Crippen molar-refractivity contribution in [3.05, 3.63) is 23.8 Å². The fourth-order valence-corrected chi connectivity index (χ4v) is 2.16. The zero-order valence-corrected chi connectivity index (χ0v) is 9.52. The first-order chi connectivity index (χ1) is 7.49. The molecule has 0 aliphatic carbocycles. The Balaban J connectivity index is 2.24. The third-order valence-electron chi connectivity index (χ3n) is 2.72. The molecule has 1 aromatic rings. The Morgan fingerprint density at radius 1 is 1.56 bits per heavy atom. The van der Waals surface area contributed by atoms with Gasteiger partial charge in [-0.2, -0.15) is 8.78 Å². The topological polar surface area (TPSA) is 21.3 Å². The molecule has 1 aliphatic rings. The Labute approximate surface area is 97.5 Å². The smallest absolute Gasteiger partial charge is 0.322 e. The molecule has 0 bridgehead atoms. The molecule has 0 saturated heterocycles. The Bertz CT molecular complexity index is 392. The van der Waals surface area contributed by atoms with Gasteiger partial charge in [-0.3, -0.25) is 0 Å². The molecule has 16 heavy (non-hydrogen) atoms. The Morgan fingerprint density at radius 3 is 2.94 bits per heavy atom. The fraction of sp³-hybridized carbons (Fsp3) is 0.455. The quantitative estimate of drug-likeness (QED) is 0.827. The van der Waals surface area contributed by atoms with E-state index in [0.717, 1.165) is 11.3 Å². The normalized spacial score (nSPS) is 19.1. The highest BCUT2D eigenvalue weighted by atomic mass is 35.5. The molecule has 0 spiro atoms. The summed E-state index contributed by atoms with van der Waals surface area (Å²) in [5, 5.41) is -0.0792. The number of benzene rings is 1. The highest BCUT2D eigenvalue weighted by molar-refractivity contribution is 6.21. The zero-order chi connectivity index (χ0) is 11.8. The van der Waals surface area contributed by atoms with Crippen LogP contribution in [-0.4, -0.2) is 19.0 Å². The van der Waals surface area contributed by atoms with Crippen LogP contribution in [0.2, 0.25) is 0 Å². The minimum Gasteiger partial charge on any atom is -0.497 e. The van der Waals surface area contributed by atoms with E-state index in [1.807, 2.05) is 6.07 Å². The molecule has 1 heterocycles.